The molecule has 6 nitrogen and oxygen atoms in total. The van der Waals surface area contributed by atoms with Gasteiger partial charge in [0, 0.05) is 25.4 Å². The molecule has 2 aromatic carbocycles. The molecule has 158 valence electrons. The first-order valence-corrected chi connectivity index (χ1v) is 11.8. The highest BCUT2D eigenvalue weighted by atomic mass is 35.5. The molecule has 0 aliphatic heterocycles. The number of hydrogen-bond acceptors (Lipinski definition) is 5. The molecule has 1 heterocycles. The second-order valence-corrected chi connectivity index (χ2v) is 10.7. The largest absolute Gasteiger partial charge is 0.298 e. The quantitative estimate of drug-likeness (QED) is 0.583. The lowest BCUT2D eigenvalue weighted by molar-refractivity contribution is 0.102. The van der Waals surface area contributed by atoms with Gasteiger partial charge < -0.3 is 0 Å². The summed E-state index contributed by atoms with van der Waals surface area (Å²) in [4.78, 5) is 18.2. The number of halogens is 1. The van der Waals surface area contributed by atoms with Crippen LogP contribution in [-0.2, 0) is 16.4 Å². The van der Waals surface area contributed by atoms with Crippen LogP contribution in [0.5, 0.6) is 0 Å². The van der Waals surface area contributed by atoms with E-state index in [0.717, 1.165) is 26.9 Å². The average Bonchev–Trinajstić information content (AvgIpc) is 3.02. The van der Waals surface area contributed by atoms with Crippen molar-refractivity contribution in [2.45, 2.75) is 25.2 Å². The summed E-state index contributed by atoms with van der Waals surface area (Å²) in [5.74, 6) is -0.508. The third-order valence-corrected chi connectivity index (χ3v) is 7.77. The van der Waals surface area contributed by atoms with Crippen molar-refractivity contribution >= 4 is 44.0 Å². The number of benzene rings is 2. The van der Waals surface area contributed by atoms with Crippen molar-refractivity contribution in [2.75, 3.05) is 19.4 Å². The third kappa shape index (κ3) is 4.89. The Labute approximate surface area is 185 Å². The first-order valence-electron chi connectivity index (χ1n) is 9.13. The van der Waals surface area contributed by atoms with Gasteiger partial charge in [-0.15, -0.1) is 11.3 Å². The van der Waals surface area contributed by atoms with Gasteiger partial charge in [-0.05, 0) is 37.6 Å². The van der Waals surface area contributed by atoms with Crippen molar-refractivity contribution in [1.29, 1.82) is 0 Å². The summed E-state index contributed by atoms with van der Waals surface area (Å²) in [5, 5.41) is 3.35. The number of thiazole rings is 1. The van der Waals surface area contributed by atoms with Crippen molar-refractivity contribution in [3.8, 4) is 0 Å². The Bertz CT molecular complexity index is 1190. The summed E-state index contributed by atoms with van der Waals surface area (Å²) in [5.41, 5.74) is 3.27. The first kappa shape index (κ1) is 22.4. The number of anilines is 1. The van der Waals surface area contributed by atoms with Crippen molar-refractivity contribution in [3.63, 3.8) is 0 Å². The molecule has 3 rings (SSSR count). The van der Waals surface area contributed by atoms with Crippen molar-refractivity contribution in [2.24, 2.45) is 0 Å². The van der Waals surface area contributed by atoms with Gasteiger partial charge >= 0.3 is 0 Å². The molecule has 1 N–H and O–H groups in total. The summed E-state index contributed by atoms with van der Waals surface area (Å²) < 4.78 is 25.8. The van der Waals surface area contributed by atoms with E-state index in [4.69, 9.17) is 11.6 Å². The van der Waals surface area contributed by atoms with E-state index in [0.29, 0.717) is 5.13 Å². The number of aryl methyl sites for hydroxylation is 2. The number of carbonyl (C=O) groups excluding carboxylic acids is 1. The molecule has 0 aliphatic rings. The lowest BCUT2D eigenvalue weighted by Gasteiger charge is -2.13. The Hall–Kier alpha value is -2.26. The van der Waals surface area contributed by atoms with Crippen LogP contribution in [0.4, 0.5) is 5.13 Å². The Morgan fingerprint density at radius 1 is 1.13 bits per heavy atom. The van der Waals surface area contributed by atoms with Crippen LogP contribution in [0.25, 0.3) is 0 Å². The molecular weight excluding hydrogens is 442 g/mol. The molecule has 0 atom stereocenters. The van der Waals surface area contributed by atoms with Gasteiger partial charge in [0.2, 0.25) is 10.0 Å². The summed E-state index contributed by atoms with van der Waals surface area (Å²) >= 11 is 7.55. The van der Waals surface area contributed by atoms with Gasteiger partial charge in [-0.1, -0.05) is 41.4 Å². The minimum absolute atomic E-state index is 0.00238. The van der Waals surface area contributed by atoms with E-state index in [1.165, 1.54) is 49.2 Å². The second kappa shape index (κ2) is 8.85. The average molecular weight is 464 g/mol. The highest BCUT2D eigenvalue weighted by Gasteiger charge is 2.21. The number of aromatic nitrogens is 1. The summed E-state index contributed by atoms with van der Waals surface area (Å²) in [6, 6.07) is 12.3. The Kier molecular flexibility index (Phi) is 6.62. The molecule has 3 aromatic rings. The zero-order valence-corrected chi connectivity index (χ0v) is 19.5. The zero-order valence-electron chi connectivity index (χ0n) is 17.1. The Balaban J connectivity index is 1.82. The predicted molar refractivity (Wildman–Crippen MR) is 121 cm³/mol. The van der Waals surface area contributed by atoms with Gasteiger partial charge in [0.15, 0.2) is 5.13 Å². The van der Waals surface area contributed by atoms with E-state index in [-0.39, 0.29) is 15.5 Å². The molecule has 0 spiro atoms. The van der Waals surface area contributed by atoms with E-state index >= 15 is 0 Å². The minimum atomic E-state index is -3.68. The van der Waals surface area contributed by atoms with Crippen LogP contribution >= 0.6 is 22.9 Å². The number of amides is 1. The third-order valence-electron chi connectivity index (χ3n) is 4.56. The standard InChI is InChI=1S/C21H22ClN3O3S2/c1-13-5-7-15(8-6-13)11-19-14(2)23-21(29-19)24-20(26)17-12-16(9-10-18(17)22)30(27,28)25(3)4/h5-10,12H,11H2,1-4H3,(H,23,24,26). The molecule has 1 aromatic heterocycles. The first-order chi connectivity index (χ1) is 14.1. The van der Waals surface area contributed by atoms with E-state index in [1.807, 2.05) is 13.8 Å². The fraction of sp³-hybridized carbons (Fsp3) is 0.238. The van der Waals surface area contributed by atoms with Crippen LogP contribution in [0, 0.1) is 13.8 Å². The van der Waals surface area contributed by atoms with Crippen LogP contribution < -0.4 is 5.32 Å². The lowest BCUT2D eigenvalue weighted by Crippen LogP contribution is -2.23. The van der Waals surface area contributed by atoms with Gasteiger partial charge in [0.05, 0.1) is 21.2 Å². The monoisotopic (exact) mass is 463 g/mol. The Morgan fingerprint density at radius 3 is 2.43 bits per heavy atom. The normalized spacial score (nSPS) is 11.7. The van der Waals surface area contributed by atoms with E-state index in [9.17, 15) is 13.2 Å². The molecule has 0 radical (unpaired) electrons. The molecule has 0 saturated heterocycles. The van der Waals surface area contributed by atoms with Gasteiger partial charge in [-0.3, -0.25) is 10.1 Å². The molecule has 0 fully saturated rings. The zero-order chi connectivity index (χ0) is 22.1. The fourth-order valence-electron chi connectivity index (χ4n) is 2.75. The topological polar surface area (TPSA) is 79.4 Å². The van der Waals surface area contributed by atoms with Crippen LogP contribution in [0.1, 0.15) is 32.1 Å². The lowest BCUT2D eigenvalue weighted by atomic mass is 10.1. The molecule has 1 amide bonds. The minimum Gasteiger partial charge on any atom is -0.298 e. The molecule has 0 bridgehead atoms. The molecular formula is C21H22ClN3O3S2. The van der Waals surface area contributed by atoms with Crippen LogP contribution in [0.2, 0.25) is 5.02 Å². The van der Waals surface area contributed by atoms with Gasteiger partial charge in [0.25, 0.3) is 5.91 Å². The molecule has 30 heavy (non-hydrogen) atoms. The Morgan fingerprint density at radius 2 is 1.80 bits per heavy atom. The van der Waals surface area contributed by atoms with Crippen LogP contribution in [0.3, 0.4) is 0 Å². The highest BCUT2D eigenvalue weighted by Crippen LogP contribution is 2.27. The maximum Gasteiger partial charge on any atom is 0.259 e. The van der Waals surface area contributed by atoms with Gasteiger partial charge in [-0.25, -0.2) is 17.7 Å². The maximum atomic E-state index is 12.8. The molecule has 9 heteroatoms. The molecule has 0 saturated carbocycles. The number of hydrogen-bond donors (Lipinski definition) is 1. The predicted octanol–water partition coefficient (Wildman–Crippen LogP) is 4.51. The highest BCUT2D eigenvalue weighted by molar-refractivity contribution is 7.89. The SMILES string of the molecule is Cc1ccc(Cc2sc(NC(=O)c3cc(S(=O)(=O)N(C)C)ccc3Cl)nc2C)cc1. The molecule has 0 unspecified atom stereocenters. The van der Waals surface area contributed by atoms with Crippen molar-refractivity contribution in [1.82, 2.24) is 9.29 Å². The van der Waals surface area contributed by atoms with Gasteiger partial charge in [0.1, 0.15) is 0 Å². The van der Waals surface area contributed by atoms with Crippen molar-refractivity contribution < 1.29 is 13.2 Å². The summed E-state index contributed by atoms with van der Waals surface area (Å²) in [6.45, 7) is 3.94. The number of nitrogens with one attached hydrogen (secondary N) is 1. The number of sulfonamides is 1. The van der Waals surface area contributed by atoms with Crippen molar-refractivity contribution in [3.05, 3.63) is 74.7 Å². The van der Waals surface area contributed by atoms with Crippen LogP contribution in [0.15, 0.2) is 47.4 Å². The number of carbonyl (C=O) groups is 1. The van der Waals surface area contributed by atoms with Gasteiger partial charge in [-0.2, -0.15) is 0 Å². The van der Waals surface area contributed by atoms with E-state index in [1.54, 1.807) is 0 Å². The smallest absolute Gasteiger partial charge is 0.259 e. The maximum absolute atomic E-state index is 12.8. The van der Waals surface area contributed by atoms with E-state index < -0.39 is 15.9 Å². The number of rotatable bonds is 6. The fourth-order valence-corrected chi connectivity index (χ4v) is 4.87. The molecule has 0 aliphatic carbocycles. The second-order valence-electron chi connectivity index (χ2n) is 7.07. The summed E-state index contributed by atoms with van der Waals surface area (Å²) in [7, 11) is -0.825. The van der Waals surface area contributed by atoms with Crippen LogP contribution in [-0.4, -0.2) is 37.7 Å². The number of nitrogens with zero attached hydrogens (tertiary/aromatic N) is 2. The van der Waals surface area contributed by atoms with E-state index in [2.05, 4.69) is 34.6 Å². The summed E-state index contributed by atoms with van der Waals surface area (Å²) in [6.07, 6.45) is 0.719.